The van der Waals surface area contributed by atoms with Gasteiger partial charge >= 0.3 is 12.3 Å². The molecule has 1 unspecified atom stereocenters. The van der Waals surface area contributed by atoms with Crippen LogP contribution >= 0.6 is 0 Å². The highest BCUT2D eigenvalue weighted by Gasteiger charge is 2.34. The van der Waals surface area contributed by atoms with Crippen LogP contribution in [0.1, 0.15) is 24.1 Å². The Morgan fingerprint density at radius 3 is 2.47 bits per heavy atom. The van der Waals surface area contributed by atoms with Crippen molar-refractivity contribution < 1.29 is 23.1 Å². The second-order valence-corrected chi connectivity index (χ2v) is 4.01. The zero-order chi connectivity index (χ0) is 14.6. The number of amides is 1. The molecule has 0 aliphatic rings. The first-order chi connectivity index (χ1) is 8.77. The highest BCUT2D eigenvalue weighted by atomic mass is 19.4. The number of likely N-dealkylation sites (N-methyl/N-ethyl adjacent to an activating group) is 1. The summed E-state index contributed by atoms with van der Waals surface area (Å²) in [5.74, 6) is 0. The molecule has 0 aliphatic heterocycles. The molecular weight excluding hydrogens is 261 g/mol. The highest BCUT2D eigenvalue weighted by Crippen LogP contribution is 2.34. The zero-order valence-electron chi connectivity index (χ0n) is 10.3. The van der Waals surface area contributed by atoms with Gasteiger partial charge in [0, 0.05) is 19.1 Å². The summed E-state index contributed by atoms with van der Waals surface area (Å²) in [6.45, 7) is 1.58. The van der Waals surface area contributed by atoms with Gasteiger partial charge in [-0.3, -0.25) is 0 Å². The van der Waals surface area contributed by atoms with Gasteiger partial charge in [-0.25, -0.2) is 4.79 Å². The average molecular weight is 276 g/mol. The Balaban J connectivity index is 3.00. The summed E-state index contributed by atoms with van der Waals surface area (Å²) in [6.07, 6.45) is -5.71. The van der Waals surface area contributed by atoms with Crippen LogP contribution in [-0.2, 0) is 6.18 Å². The molecule has 1 aromatic rings. The van der Waals surface area contributed by atoms with Crippen LogP contribution in [0, 0.1) is 0 Å². The zero-order valence-corrected chi connectivity index (χ0v) is 10.3. The summed E-state index contributed by atoms with van der Waals surface area (Å²) in [7, 11) is 0. The smallest absolute Gasteiger partial charge is 0.416 e. The third-order valence-electron chi connectivity index (χ3n) is 2.73. The molecule has 4 nitrogen and oxygen atoms in total. The number of nitrogens with zero attached hydrogens (tertiary/aromatic N) is 1. The van der Waals surface area contributed by atoms with E-state index in [1.54, 1.807) is 6.92 Å². The monoisotopic (exact) mass is 276 g/mol. The molecule has 0 fully saturated rings. The number of benzene rings is 1. The fraction of sp³-hybridized carbons (Fsp3) is 0.417. The molecule has 3 N–H and O–H groups in total. The van der Waals surface area contributed by atoms with Crippen molar-refractivity contribution in [3.05, 3.63) is 35.4 Å². The number of hydrogen-bond donors (Lipinski definition) is 2. The minimum absolute atomic E-state index is 0.102. The van der Waals surface area contributed by atoms with Gasteiger partial charge in [0.2, 0.25) is 0 Å². The van der Waals surface area contributed by atoms with Crippen LogP contribution in [0.25, 0.3) is 0 Å². The third-order valence-corrected chi connectivity index (χ3v) is 2.73. The van der Waals surface area contributed by atoms with E-state index in [4.69, 9.17) is 10.8 Å². The average Bonchev–Trinajstić information content (AvgIpc) is 2.34. The number of halogens is 3. The number of nitrogens with two attached hydrogens (primary N) is 1. The van der Waals surface area contributed by atoms with Crippen molar-refractivity contribution in [1.82, 2.24) is 4.90 Å². The molecule has 1 atom stereocenters. The van der Waals surface area contributed by atoms with Crippen LogP contribution in [0.4, 0.5) is 18.0 Å². The quantitative estimate of drug-likeness (QED) is 0.888. The molecule has 0 bridgehead atoms. The first-order valence-electron chi connectivity index (χ1n) is 5.67. The third kappa shape index (κ3) is 3.85. The second-order valence-electron chi connectivity index (χ2n) is 4.01. The van der Waals surface area contributed by atoms with Crippen molar-refractivity contribution in [3.63, 3.8) is 0 Å². The fourth-order valence-corrected chi connectivity index (χ4v) is 1.76. The normalized spacial score (nSPS) is 13.1. The molecule has 0 aliphatic carbocycles. The molecule has 7 heteroatoms. The van der Waals surface area contributed by atoms with Crippen LogP contribution in [0.5, 0.6) is 0 Å². The second kappa shape index (κ2) is 5.92. The lowest BCUT2D eigenvalue weighted by Gasteiger charge is -2.24. The van der Waals surface area contributed by atoms with Crippen LogP contribution in [0.2, 0.25) is 0 Å². The van der Waals surface area contributed by atoms with E-state index in [1.165, 1.54) is 18.2 Å². The SMILES string of the molecule is CCN(CC(N)c1ccccc1C(F)(F)F)C(=O)O. The fourth-order valence-electron chi connectivity index (χ4n) is 1.76. The van der Waals surface area contributed by atoms with Crippen LogP contribution < -0.4 is 5.73 Å². The van der Waals surface area contributed by atoms with Gasteiger partial charge in [0.15, 0.2) is 0 Å². The summed E-state index contributed by atoms with van der Waals surface area (Å²) < 4.78 is 38.4. The summed E-state index contributed by atoms with van der Waals surface area (Å²) in [5.41, 5.74) is 4.77. The minimum atomic E-state index is -4.51. The van der Waals surface area contributed by atoms with E-state index in [9.17, 15) is 18.0 Å². The minimum Gasteiger partial charge on any atom is -0.465 e. The van der Waals surface area contributed by atoms with E-state index in [1.807, 2.05) is 0 Å². The molecule has 1 aromatic carbocycles. The van der Waals surface area contributed by atoms with Crippen LogP contribution in [0.3, 0.4) is 0 Å². The maximum absolute atomic E-state index is 12.8. The summed E-state index contributed by atoms with van der Waals surface area (Å²) in [4.78, 5) is 11.8. The van der Waals surface area contributed by atoms with Gasteiger partial charge in [-0.15, -0.1) is 0 Å². The highest BCUT2D eigenvalue weighted by molar-refractivity contribution is 5.65. The van der Waals surface area contributed by atoms with Gasteiger partial charge in [0.25, 0.3) is 0 Å². The van der Waals surface area contributed by atoms with Crippen LogP contribution in [-0.4, -0.2) is 29.2 Å². The molecule has 0 saturated carbocycles. The largest absolute Gasteiger partial charge is 0.465 e. The van der Waals surface area contributed by atoms with E-state index in [0.717, 1.165) is 11.0 Å². The van der Waals surface area contributed by atoms with Gasteiger partial charge in [-0.05, 0) is 18.6 Å². The number of carboxylic acid groups (broad SMARTS) is 1. The summed E-state index contributed by atoms with van der Waals surface area (Å²) in [5, 5.41) is 8.85. The standard InChI is InChI=1S/C12H15F3N2O2/c1-2-17(11(18)19)7-10(16)8-5-3-4-6-9(8)12(13,14)15/h3-6,10H,2,7,16H2,1H3,(H,18,19). The molecule has 0 radical (unpaired) electrons. The number of hydrogen-bond acceptors (Lipinski definition) is 2. The van der Waals surface area contributed by atoms with Gasteiger partial charge in [0.05, 0.1) is 5.56 Å². The van der Waals surface area contributed by atoms with E-state index >= 15 is 0 Å². The lowest BCUT2D eigenvalue weighted by molar-refractivity contribution is -0.138. The molecule has 19 heavy (non-hydrogen) atoms. The molecule has 0 saturated heterocycles. The maximum atomic E-state index is 12.8. The van der Waals surface area contributed by atoms with Crippen molar-refractivity contribution in [2.24, 2.45) is 5.73 Å². The molecule has 0 heterocycles. The van der Waals surface area contributed by atoms with Crippen molar-refractivity contribution in [2.75, 3.05) is 13.1 Å². The van der Waals surface area contributed by atoms with Crippen molar-refractivity contribution in [2.45, 2.75) is 19.1 Å². The summed E-state index contributed by atoms with van der Waals surface area (Å²) >= 11 is 0. The number of carbonyl (C=O) groups is 1. The topological polar surface area (TPSA) is 66.6 Å². The molecule has 106 valence electrons. The predicted molar refractivity (Wildman–Crippen MR) is 63.6 cm³/mol. The molecule has 0 spiro atoms. The van der Waals surface area contributed by atoms with E-state index in [0.29, 0.717) is 0 Å². The van der Waals surface area contributed by atoms with E-state index in [-0.39, 0.29) is 18.7 Å². The Bertz CT molecular complexity index is 449. The molecule has 1 amide bonds. The van der Waals surface area contributed by atoms with Gasteiger partial charge in [-0.2, -0.15) is 13.2 Å². The predicted octanol–water partition coefficient (Wildman–Crippen LogP) is 2.71. The van der Waals surface area contributed by atoms with E-state index < -0.39 is 23.9 Å². The van der Waals surface area contributed by atoms with Gasteiger partial charge < -0.3 is 15.7 Å². The molecular formula is C12H15F3N2O2. The first-order valence-corrected chi connectivity index (χ1v) is 5.67. The Morgan fingerprint density at radius 2 is 2.00 bits per heavy atom. The Kier molecular flexibility index (Phi) is 4.77. The van der Waals surface area contributed by atoms with Crippen molar-refractivity contribution >= 4 is 6.09 Å². The first kappa shape index (κ1) is 15.3. The van der Waals surface area contributed by atoms with Crippen molar-refractivity contribution in [3.8, 4) is 0 Å². The van der Waals surface area contributed by atoms with E-state index in [2.05, 4.69) is 0 Å². The lowest BCUT2D eigenvalue weighted by atomic mass is 10.00. The molecule has 0 aromatic heterocycles. The van der Waals surface area contributed by atoms with Gasteiger partial charge in [0.1, 0.15) is 0 Å². The lowest BCUT2D eigenvalue weighted by Crippen LogP contribution is -2.36. The number of rotatable bonds is 4. The van der Waals surface area contributed by atoms with Gasteiger partial charge in [-0.1, -0.05) is 18.2 Å². The Morgan fingerprint density at radius 1 is 1.42 bits per heavy atom. The van der Waals surface area contributed by atoms with Crippen LogP contribution in [0.15, 0.2) is 24.3 Å². The maximum Gasteiger partial charge on any atom is 0.416 e. The number of alkyl halides is 3. The Hall–Kier alpha value is -1.76. The Labute approximate surface area is 108 Å². The molecule has 1 rings (SSSR count). The summed E-state index contributed by atoms with van der Waals surface area (Å²) in [6, 6.07) is 3.90. The van der Waals surface area contributed by atoms with Crippen molar-refractivity contribution in [1.29, 1.82) is 0 Å².